The Morgan fingerprint density at radius 2 is 2.25 bits per heavy atom. The van der Waals surface area contributed by atoms with Gasteiger partial charge in [-0.25, -0.2) is 0 Å². The van der Waals surface area contributed by atoms with Gasteiger partial charge >= 0.3 is 0 Å². The van der Waals surface area contributed by atoms with Crippen molar-refractivity contribution in [3.8, 4) is 16.2 Å². The zero-order valence-electron chi connectivity index (χ0n) is 8.17. The number of rotatable bonds is 1. The van der Waals surface area contributed by atoms with Gasteiger partial charge in [-0.3, -0.25) is 10.1 Å². The third-order valence-corrected chi connectivity index (χ3v) is 3.54. The molecule has 2 aromatic rings. The molecule has 0 saturated heterocycles. The van der Waals surface area contributed by atoms with E-state index in [0.717, 1.165) is 21.8 Å². The minimum Gasteiger partial charge on any atom is -0.488 e. The van der Waals surface area contributed by atoms with E-state index in [9.17, 15) is 10.1 Å². The summed E-state index contributed by atoms with van der Waals surface area (Å²) >= 11 is 1.59. The van der Waals surface area contributed by atoms with Crippen molar-refractivity contribution < 1.29 is 9.66 Å². The summed E-state index contributed by atoms with van der Waals surface area (Å²) in [6, 6.07) is 6.69. The van der Waals surface area contributed by atoms with Crippen LogP contribution in [0.15, 0.2) is 29.6 Å². The van der Waals surface area contributed by atoms with Crippen LogP contribution in [0.1, 0.15) is 5.56 Å². The highest BCUT2D eigenvalue weighted by Crippen LogP contribution is 2.42. The highest BCUT2D eigenvalue weighted by atomic mass is 32.1. The molecule has 16 heavy (non-hydrogen) atoms. The number of nitro groups is 1. The van der Waals surface area contributed by atoms with Gasteiger partial charge in [-0.15, -0.1) is 11.3 Å². The number of benzene rings is 1. The second-order valence-electron chi connectivity index (χ2n) is 3.50. The molecule has 0 amide bonds. The lowest BCUT2D eigenvalue weighted by molar-refractivity contribution is -0.384. The Labute approximate surface area is 95.3 Å². The molecular formula is C11H7NO3S. The van der Waals surface area contributed by atoms with E-state index >= 15 is 0 Å². The molecular weight excluding hydrogens is 226 g/mol. The van der Waals surface area contributed by atoms with E-state index in [1.807, 2.05) is 11.4 Å². The first kappa shape index (κ1) is 9.35. The lowest BCUT2D eigenvalue weighted by Crippen LogP contribution is -2.03. The lowest BCUT2D eigenvalue weighted by atomic mass is 10.1. The summed E-state index contributed by atoms with van der Waals surface area (Å²) < 4.78 is 5.53. The highest BCUT2D eigenvalue weighted by Gasteiger charge is 2.21. The third-order valence-electron chi connectivity index (χ3n) is 2.55. The molecule has 0 atom stereocenters. The van der Waals surface area contributed by atoms with Crippen molar-refractivity contribution in [3.05, 3.63) is 45.3 Å². The summed E-state index contributed by atoms with van der Waals surface area (Å²) in [4.78, 5) is 11.4. The van der Waals surface area contributed by atoms with E-state index in [-0.39, 0.29) is 10.6 Å². The second-order valence-corrected chi connectivity index (χ2v) is 4.42. The summed E-state index contributed by atoms with van der Waals surface area (Å²) in [7, 11) is 0. The van der Waals surface area contributed by atoms with Crippen LogP contribution in [0.3, 0.4) is 0 Å². The van der Waals surface area contributed by atoms with Crippen LogP contribution < -0.4 is 4.74 Å². The van der Waals surface area contributed by atoms with Gasteiger partial charge in [-0.1, -0.05) is 0 Å². The predicted molar refractivity (Wildman–Crippen MR) is 60.7 cm³/mol. The first-order valence-corrected chi connectivity index (χ1v) is 5.61. The normalized spacial score (nSPS) is 12.5. The first-order valence-electron chi connectivity index (χ1n) is 4.73. The van der Waals surface area contributed by atoms with Gasteiger partial charge in [-0.2, -0.15) is 0 Å². The number of fused-ring (bicyclic) bond motifs is 3. The molecule has 1 aromatic heterocycles. The Kier molecular flexibility index (Phi) is 1.94. The molecule has 1 aromatic carbocycles. The van der Waals surface area contributed by atoms with Gasteiger partial charge in [0.15, 0.2) is 0 Å². The Bertz CT molecular complexity index is 576. The zero-order chi connectivity index (χ0) is 11.1. The SMILES string of the molecule is O=[N+]([O-])c1ccc2c(c1)-c1sccc1CO2. The molecule has 1 aliphatic heterocycles. The van der Waals surface area contributed by atoms with E-state index in [2.05, 4.69) is 0 Å². The average Bonchev–Trinajstić information content (AvgIpc) is 2.76. The Balaban J connectivity index is 2.22. The highest BCUT2D eigenvalue weighted by molar-refractivity contribution is 7.13. The van der Waals surface area contributed by atoms with Crippen molar-refractivity contribution in [3.63, 3.8) is 0 Å². The summed E-state index contributed by atoms with van der Waals surface area (Å²) in [5.41, 5.74) is 2.02. The van der Waals surface area contributed by atoms with Gasteiger partial charge in [0.1, 0.15) is 12.4 Å². The van der Waals surface area contributed by atoms with E-state index < -0.39 is 0 Å². The molecule has 1 aliphatic rings. The maximum atomic E-state index is 10.7. The van der Waals surface area contributed by atoms with Gasteiger partial charge in [0.05, 0.1) is 4.92 Å². The van der Waals surface area contributed by atoms with E-state index in [4.69, 9.17) is 4.74 Å². The summed E-state index contributed by atoms with van der Waals surface area (Å²) in [6.07, 6.45) is 0. The van der Waals surface area contributed by atoms with Crippen molar-refractivity contribution in [1.29, 1.82) is 0 Å². The van der Waals surface area contributed by atoms with Crippen molar-refractivity contribution >= 4 is 17.0 Å². The quantitative estimate of drug-likeness (QED) is 0.561. The van der Waals surface area contributed by atoms with E-state index in [1.165, 1.54) is 6.07 Å². The van der Waals surface area contributed by atoms with Crippen molar-refractivity contribution in [2.75, 3.05) is 0 Å². The standard InChI is InChI=1S/C11H7NO3S/c13-12(14)8-1-2-10-9(5-8)11-7(6-15-10)3-4-16-11/h1-5H,6H2. The summed E-state index contributed by atoms with van der Waals surface area (Å²) in [5.74, 6) is 0.723. The molecule has 2 heterocycles. The van der Waals surface area contributed by atoms with Gasteiger partial charge < -0.3 is 4.74 Å². The van der Waals surface area contributed by atoms with E-state index in [0.29, 0.717) is 6.61 Å². The average molecular weight is 233 g/mol. The van der Waals surface area contributed by atoms with Crippen LogP contribution in [0.5, 0.6) is 5.75 Å². The van der Waals surface area contributed by atoms with Crippen molar-refractivity contribution in [1.82, 2.24) is 0 Å². The molecule has 80 valence electrons. The zero-order valence-corrected chi connectivity index (χ0v) is 8.99. The number of nitrogens with zero attached hydrogens (tertiary/aromatic N) is 1. The first-order chi connectivity index (χ1) is 7.75. The second kappa shape index (κ2) is 3.31. The maximum Gasteiger partial charge on any atom is 0.270 e. The van der Waals surface area contributed by atoms with Crippen LogP contribution in [-0.4, -0.2) is 4.92 Å². The smallest absolute Gasteiger partial charge is 0.270 e. The molecule has 0 spiro atoms. The largest absolute Gasteiger partial charge is 0.488 e. The fraction of sp³-hybridized carbons (Fsp3) is 0.0909. The van der Waals surface area contributed by atoms with E-state index in [1.54, 1.807) is 23.5 Å². The van der Waals surface area contributed by atoms with Crippen LogP contribution in [0.4, 0.5) is 5.69 Å². The molecule has 4 nitrogen and oxygen atoms in total. The van der Waals surface area contributed by atoms with Gasteiger partial charge in [-0.05, 0) is 17.5 Å². The van der Waals surface area contributed by atoms with Crippen LogP contribution in [-0.2, 0) is 6.61 Å². The number of non-ortho nitro benzene ring substituents is 1. The number of thiophene rings is 1. The van der Waals surface area contributed by atoms with Crippen LogP contribution in [0.2, 0.25) is 0 Å². The molecule has 0 N–H and O–H groups in total. The summed E-state index contributed by atoms with van der Waals surface area (Å²) in [5, 5.41) is 12.7. The fourth-order valence-electron chi connectivity index (χ4n) is 1.78. The van der Waals surface area contributed by atoms with Gasteiger partial charge in [0.2, 0.25) is 0 Å². The molecule has 0 saturated carbocycles. The van der Waals surface area contributed by atoms with Gasteiger partial charge in [0, 0.05) is 28.1 Å². The molecule has 5 heteroatoms. The molecule has 0 fully saturated rings. The monoisotopic (exact) mass is 233 g/mol. The number of ether oxygens (including phenoxy) is 1. The van der Waals surface area contributed by atoms with Crippen LogP contribution in [0.25, 0.3) is 10.4 Å². The maximum absolute atomic E-state index is 10.7. The number of hydrogen-bond acceptors (Lipinski definition) is 4. The van der Waals surface area contributed by atoms with Crippen molar-refractivity contribution in [2.45, 2.75) is 6.61 Å². The number of hydrogen-bond donors (Lipinski definition) is 0. The molecule has 3 rings (SSSR count). The molecule has 0 aliphatic carbocycles. The molecule has 0 unspecified atom stereocenters. The minimum atomic E-state index is -0.387. The lowest BCUT2D eigenvalue weighted by Gasteiger charge is -2.16. The Morgan fingerprint density at radius 1 is 1.38 bits per heavy atom. The predicted octanol–water partition coefficient (Wildman–Crippen LogP) is 3.22. The topological polar surface area (TPSA) is 52.4 Å². The minimum absolute atomic E-state index is 0.101. The van der Waals surface area contributed by atoms with Crippen LogP contribution >= 0.6 is 11.3 Å². The summed E-state index contributed by atoms with van der Waals surface area (Å²) in [6.45, 7) is 0.545. The Hall–Kier alpha value is -1.88. The van der Waals surface area contributed by atoms with Crippen LogP contribution in [0, 0.1) is 10.1 Å². The fourth-order valence-corrected chi connectivity index (χ4v) is 2.71. The molecule has 0 bridgehead atoms. The Morgan fingerprint density at radius 3 is 3.06 bits per heavy atom. The van der Waals surface area contributed by atoms with Gasteiger partial charge in [0.25, 0.3) is 5.69 Å². The number of nitro benzene ring substituents is 1. The third kappa shape index (κ3) is 1.29. The molecule has 0 radical (unpaired) electrons. The van der Waals surface area contributed by atoms with Crippen molar-refractivity contribution in [2.24, 2.45) is 0 Å².